The summed E-state index contributed by atoms with van der Waals surface area (Å²) in [6.45, 7) is 4.49. The lowest BCUT2D eigenvalue weighted by Gasteiger charge is -2.22. The molecule has 110 valence electrons. The highest BCUT2D eigenvalue weighted by molar-refractivity contribution is 5.64. The second-order valence-electron chi connectivity index (χ2n) is 6.73. The topological polar surface area (TPSA) is 0 Å². The third-order valence-corrected chi connectivity index (χ3v) is 4.90. The zero-order chi connectivity index (χ0) is 14.7. The van der Waals surface area contributed by atoms with Crippen LogP contribution in [0.1, 0.15) is 68.9 Å². The van der Waals surface area contributed by atoms with Gasteiger partial charge in [-0.25, -0.2) is 0 Å². The lowest BCUT2D eigenvalue weighted by Crippen LogP contribution is -2.04. The molecule has 0 N–H and O–H groups in total. The molecule has 2 aromatic rings. The Labute approximate surface area is 129 Å². The van der Waals surface area contributed by atoms with Crippen LogP contribution in [0, 0.1) is 0 Å². The molecular weight excluding hydrogens is 252 g/mol. The Morgan fingerprint density at radius 1 is 0.714 bits per heavy atom. The minimum absolute atomic E-state index is 0.604. The molecule has 0 bridgehead atoms. The van der Waals surface area contributed by atoms with E-state index in [2.05, 4.69) is 62.4 Å². The molecule has 0 unspecified atom stereocenters. The summed E-state index contributed by atoms with van der Waals surface area (Å²) in [5, 5.41) is 0. The normalized spacial score (nSPS) is 16.3. The van der Waals surface area contributed by atoms with E-state index in [0.717, 1.165) is 5.92 Å². The van der Waals surface area contributed by atoms with Crippen LogP contribution in [-0.4, -0.2) is 0 Å². The van der Waals surface area contributed by atoms with Gasteiger partial charge in [-0.05, 0) is 46.9 Å². The summed E-state index contributed by atoms with van der Waals surface area (Å²) in [6, 6.07) is 18.3. The Balaban J connectivity index is 1.76. The maximum atomic E-state index is 2.35. The molecule has 0 heteroatoms. The monoisotopic (exact) mass is 278 g/mol. The van der Waals surface area contributed by atoms with Crippen molar-refractivity contribution < 1.29 is 0 Å². The van der Waals surface area contributed by atoms with Crippen molar-refractivity contribution in [3.05, 3.63) is 59.7 Å². The smallest absolute Gasteiger partial charge is 0.0162 e. The molecule has 0 spiro atoms. The molecule has 0 saturated heterocycles. The predicted molar refractivity (Wildman–Crippen MR) is 91.8 cm³/mol. The minimum atomic E-state index is 0.604. The van der Waals surface area contributed by atoms with Crippen molar-refractivity contribution in [2.45, 2.75) is 57.8 Å². The first-order chi connectivity index (χ1) is 10.2. The summed E-state index contributed by atoms with van der Waals surface area (Å²) in [4.78, 5) is 0. The zero-order valence-electron chi connectivity index (χ0n) is 13.3. The average molecular weight is 278 g/mol. The summed E-state index contributed by atoms with van der Waals surface area (Å²) in [6.07, 6.45) is 6.99. The Hall–Kier alpha value is -1.56. The van der Waals surface area contributed by atoms with Crippen LogP contribution in [0.15, 0.2) is 48.5 Å². The molecule has 1 aliphatic rings. The largest absolute Gasteiger partial charge is 0.0587 e. The van der Waals surface area contributed by atoms with Gasteiger partial charge in [0.25, 0.3) is 0 Å². The maximum Gasteiger partial charge on any atom is -0.0162 e. The Kier molecular flexibility index (Phi) is 4.43. The van der Waals surface area contributed by atoms with Gasteiger partial charge in [-0.2, -0.15) is 0 Å². The molecule has 1 fully saturated rings. The predicted octanol–water partition coefficient (Wildman–Crippen LogP) is 6.52. The van der Waals surface area contributed by atoms with Crippen molar-refractivity contribution in [3.8, 4) is 11.1 Å². The van der Waals surface area contributed by atoms with Gasteiger partial charge in [0.05, 0.1) is 0 Å². The highest BCUT2D eigenvalue weighted by Gasteiger charge is 2.15. The summed E-state index contributed by atoms with van der Waals surface area (Å²) in [5.41, 5.74) is 5.62. The van der Waals surface area contributed by atoms with Crippen molar-refractivity contribution in [2.24, 2.45) is 0 Å². The summed E-state index contributed by atoms with van der Waals surface area (Å²) in [7, 11) is 0. The molecule has 0 amide bonds. The fraction of sp³-hybridized carbons (Fsp3) is 0.429. The van der Waals surface area contributed by atoms with E-state index in [-0.39, 0.29) is 0 Å². The van der Waals surface area contributed by atoms with Gasteiger partial charge in [-0.3, -0.25) is 0 Å². The van der Waals surface area contributed by atoms with Crippen LogP contribution < -0.4 is 0 Å². The van der Waals surface area contributed by atoms with E-state index in [1.807, 2.05) is 0 Å². The van der Waals surface area contributed by atoms with Gasteiger partial charge in [0.2, 0.25) is 0 Å². The third kappa shape index (κ3) is 3.37. The standard InChI is InChI=1S/C21H26/c1-16(2)17-8-10-20(11-9-17)21-14-12-19(13-15-21)18-6-4-3-5-7-18/h8-16,18H,3-7H2,1-2H3. The van der Waals surface area contributed by atoms with Crippen LogP contribution in [0.2, 0.25) is 0 Å². The van der Waals surface area contributed by atoms with Gasteiger partial charge in [-0.15, -0.1) is 0 Å². The lowest BCUT2D eigenvalue weighted by atomic mass is 9.83. The van der Waals surface area contributed by atoms with Crippen molar-refractivity contribution in [1.82, 2.24) is 0 Å². The van der Waals surface area contributed by atoms with Gasteiger partial charge < -0.3 is 0 Å². The van der Waals surface area contributed by atoms with Crippen molar-refractivity contribution in [3.63, 3.8) is 0 Å². The Bertz CT molecular complexity index is 554. The molecule has 0 heterocycles. The van der Waals surface area contributed by atoms with E-state index in [1.54, 1.807) is 0 Å². The van der Waals surface area contributed by atoms with E-state index in [9.17, 15) is 0 Å². The quantitative estimate of drug-likeness (QED) is 0.599. The molecule has 2 aromatic carbocycles. The SMILES string of the molecule is CC(C)c1ccc(-c2ccc(C3CCCCC3)cc2)cc1. The second-order valence-corrected chi connectivity index (χ2v) is 6.73. The second kappa shape index (κ2) is 6.47. The number of hydrogen-bond donors (Lipinski definition) is 0. The number of rotatable bonds is 3. The zero-order valence-corrected chi connectivity index (χ0v) is 13.3. The molecule has 0 radical (unpaired) electrons. The summed E-state index contributed by atoms with van der Waals surface area (Å²) < 4.78 is 0. The third-order valence-electron chi connectivity index (χ3n) is 4.90. The van der Waals surface area contributed by atoms with E-state index in [4.69, 9.17) is 0 Å². The first-order valence-corrected chi connectivity index (χ1v) is 8.44. The molecular formula is C21H26. The van der Waals surface area contributed by atoms with Crippen LogP contribution in [0.3, 0.4) is 0 Å². The van der Waals surface area contributed by atoms with E-state index < -0.39 is 0 Å². The number of benzene rings is 2. The number of hydrogen-bond acceptors (Lipinski definition) is 0. The molecule has 21 heavy (non-hydrogen) atoms. The van der Waals surface area contributed by atoms with Crippen molar-refractivity contribution in [1.29, 1.82) is 0 Å². The van der Waals surface area contributed by atoms with Gasteiger partial charge in [0.15, 0.2) is 0 Å². The lowest BCUT2D eigenvalue weighted by molar-refractivity contribution is 0.443. The molecule has 0 nitrogen and oxygen atoms in total. The van der Waals surface area contributed by atoms with Crippen LogP contribution in [0.25, 0.3) is 11.1 Å². The van der Waals surface area contributed by atoms with Gasteiger partial charge >= 0.3 is 0 Å². The molecule has 1 aliphatic carbocycles. The Morgan fingerprint density at radius 2 is 1.24 bits per heavy atom. The van der Waals surface area contributed by atoms with Gasteiger partial charge in [0, 0.05) is 0 Å². The van der Waals surface area contributed by atoms with Crippen molar-refractivity contribution in [2.75, 3.05) is 0 Å². The molecule has 1 saturated carbocycles. The highest BCUT2D eigenvalue weighted by Crippen LogP contribution is 2.33. The summed E-state index contributed by atoms with van der Waals surface area (Å²) in [5.74, 6) is 1.41. The molecule has 3 rings (SSSR count). The van der Waals surface area contributed by atoms with Crippen LogP contribution in [-0.2, 0) is 0 Å². The fourth-order valence-electron chi connectivity index (χ4n) is 3.44. The van der Waals surface area contributed by atoms with Gasteiger partial charge in [-0.1, -0.05) is 81.6 Å². The van der Waals surface area contributed by atoms with Crippen molar-refractivity contribution >= 4 is 0 Å². The maximum absolute atomic E-state index is 2.35. The van der Waals surface area contributed by atoms with Gasteiger partial charge in [0.1, 0.15) is 0 Å². The van der Waals surface area contributed by atoms with Crippen LogP contribution in [0.4, 0.5) is 0 Å². The van der Waals surface area contributed by atoms with Crippen LogP contribution in [0.5, 0.6) is 0 Å². The first-order valence-electron chi connectivity index (χ1n) is 8.44. The average Bonchev–Trinajstić information content (AvgIpc) is 2.56. The van der Waals surface area contributed by atoms with Crippen LogP contribution >= 0.6 is 0 Å². The van der Waals surface area contributed by atoms with E-state index in [1.165, 1.54) is 54.4 Å². The minimum Gasteiger partial charge on any atom is -0.0587 e. The summed E-state index contributed by atoms with van der Waals surface area (Å²) >= 11 is 0. The first kappa shape index (κ1) is 14.4. The fourth-order valence-corrected chi connectivity index (χ4v) is 3.44. The Morgan fingerprint density at radius 3 is 1.76 bits per heavy atom. The van der Waals surface area contributed by atoms with E-state index in [0.29, 0.717) is 5.92 Å². The molecule has 0 atom stereocenters. The molecule has 0 aliphatic heterocycles. The molecule has 0 aromatic heterocycles. The highest BCUT2D eigenvalue weighted by atomic mass is 14.2. The van der Waals surface area contributed by atoms with E-state index >= 15 is 0 Å².